The number of amides is 1. The number of aromatic nitrogens is 2. The lowest BCUT2D eigenvalue weighted by Gasteiger charge is -2.32. The summed E-state index contributed by atoms with van der Waals surface area (Å²) in [5.74, 6) is 0.120. The van der Waals surface area contributed by atoms with Crippen molar-refractivity contribution in [2.24, 2.45) is 0 Å². The van der Waals surface area contributed by atoms with Crippen LogP contribution in [-0.2, 0) is 6.54 Å². The highest BCUT2D eigenvalue weighted by molar-refractivity contribution is 7.19. The molecule has 5 rings (SSSR count). The molecule has 2 N–H and O–H groups in total. The van der Waals surface area contributed by atoms with E-state index in [-0.39, 0.29) is 23.3 Å². The molecular weight excluding hydrogens is 463 g/mol. The number of carbonyl (C=O) groups excluding carboxylic acids is 1. The summed E-state index contributed by atoms with van der Waals surface area (Å²) < 4.78 is 13.1. The average molecular weight is 491 g/mol. The molecule has 0 spiro atoms. The maximum Gasteiger partial charge on any atom is 0.260 e. The van der Waals surface area contributed by atoms with Gasteiger partial charge in [0.25, 0.3) is 11.5 Å². The van der Waals surface area contributed by atoms with Gasteiger partial charge in [0.1, 0.15) is 16.5 Å². The van der Waals surface area contributed by atoms with Gasteiger partial charge < -0.3 is 10.3 Å². The number of benzene rings is 2. The van der Waals surface area contributed by atoms with E-state index in [1.807, 2.05) is 13.8 Å². The third-order valence-corrected chi connectivity index (χ3v) is 7.53. The minimum atomic E-state index is -0.358. The van der Waals surface area contributed by atoms with Gasteiger partial charge in [-0.3, -0.25) is 14.5 Å². The van der Waals surface area contributed by atoms with E-state index in [4.69, 9.17) is 4.98 Å². The van der Waals surface area contributed by atoms with E-state index in [0.717, 1.165) is 46.8 Å². The summed E-state index contributed by atoms with van der Waals surface area (Å²) in [6.45, 7) is 6.21. The van der Waals surface area contributed by atoms with Crippen LogP contribution in [0.25, 0.3) is 21.3 Å². The molecule has 6 nitrogen and oxygen atoms in total. The summed E-state index contributed by atoms with van der Waals surface area (Å²) in [6, 6.07) is 13.9. The number of thiophene rings is 1. The Hall–Kier alpha value is -3.36. The highest BCUT2D eigenvalue weighted by Crippen LogP contribution is 2.35. The standard InChI is InChI=1S/C27H27FN4O2S/c1-16-3-5-18(6-4-16)23-17(2)35-27-24(23)26(34)30-22(31-27)15-32-13-11-21(12-14-32)29-25(33)19-7-9-20(28)10-8-19/h3-10,21H,11-15H2,1-2H3,(H,29,33)(H,30,31,34). The number of nitrogens with zero attached hydrogens (tertiary/aromatic N) is 2. The zero-order valence-corrected chi connectivity index (χ0v) is 20.5. The molecule has 0 unspecified atom stereocenters. The van der Waals surface area contributed by atoms with Crippen LogP contribution in [0.15, 0.2) is 53.3 Å². The molecule has 35 heavy (non-hydrogen) atoms. The summed E-state index contributed by atoms with van der Waals surface area (Å²) in [5, 5.41) is 3.70. The molecule has 0 saturated carbocycles. The van der Waals surface area contributed by atoms with Gasteiger partial charge in [-0.15, -0.1) is 11.3 Å². The fourth-order valence-electron chi connectivity index (χ4n) is 4.62. The van der Waals surface area contributed by atoms with Crippen LogP contribution in [0.1, 0.15) is 39.5 Å². The number of aromatic amines is 1. The Morgan fingerprint density at radius 3 is 2.49 bits per heavy atom. The van der Waals surface area contributed by atoms with Gasteiger partial charge in [0.15, 0.2) is 0 Å². The van der Waals surface area contributed by atoms with Crippen LogP contribution in [0.5, 0.6) is 0 Å². The molecule has 0 radical (unpaired) electrons. The molecule has 0 aliphatic carbocycles. The Bertz CT molecular complexity index is 1420. The van der Waals surface area contributed by atoms with E-state index in [1.54, 1.807) is 11.3 Å². The number of likely N-dealkylation sites (tertiary alicyclic amines) is 1. The molecule has 0 bridgehead atoms. The van der Waals surface area contributed by atoms with Crippen molar-refractivity contribution in [3.05, 3.63) is 86.5 Å². The second-order valence-corrected chi connectivity index (χ2v) is 10.3. The lowest BCUT2D eigenvalue weighted by atomic mass is 10.0. The second-order valence-electron chi connectivity index (χ2n) is 9.12. The molecule has 0 atom stereocenters. The smallest absolute Gasteiger partial charge is 0.260 e. The number of carbonyl (C=O) groups is 1. The lowest BCUT2D eigenvalue weighted by molar-refractivity contribution is 0.0908. The van der Waals surface area contributed by atoms with Gasteiger partial charge in [-0.2, -0.15) is 0 Å². The summed E-state index contributed by atoms with van der Waals surface area (Å²) in [4.78, 5) is 37.4. The molecule has 1 aliphatic rings. The number of halogens is 1. The van der Waals surface area contributed by atoms with Crippen molar-refractivity contribution >= 4 is 27.5 Å². The molecule has 1 aliphatic heterocycles. The van der Waals surface area contributed by atoms with Gasteiger partial charge in [0, 0.05) is 35.1 Å². The summed E-state index contributed by atoms with van der Waals surface area (Å²) in [6.07, 6.45) is 1.60. The molecule has 1 amide bonds. The number of aryl methyl sites for hydroxylation is 2. The predicted octanol–water partition coefficient (Wildman–Crippen LogP) is 4.80. The van der Waals surface area contributed by atoms with E-state index >= 15 is 0 Å². The molecule has 4 aromatic rings. The van der Waals surface area contributed by atoms with Crippen molar-refractivity contribution in [3.8, 4) is 11.1 Å². The minimum Gasteiger partial charge on any atom is -0.349 e. The van der Waals surface area contributed by atoms with Crippen molar-refractivity contribution in [1.29, 1.82) is 0 Å². The highest BCUT2D eigenvalue weighted by atomic mass is 32.1. The van der Waals surface area contributed by atoms with Crippen LogP contribution in [0.2, 0.25) is 0 Å². The molecule has 2 aromatic carbocycles. The first-order valence-electron chi connectivity index (χ1n) is 11.8. The summed E-state index contributed by atoms with van der Waals surface area (Å²) in [7, 11) is 0. The van der Waals surface area contributed by atoms with Crippen LogP contribution < -0.4 is 10.9 Å². The van der Waals surface area contributed by atoms with Crippen LogP contribution in [0.4, 0.5) is 4.39 Å². The van der Waals surface area contributed by atoms with Crippen LogP contribution in [0, 0.1) is 19.7 Å². The van der Waals surface area contributed by atoms with E-state index < -0.39 is 0 Å². The van der Waals surface area contributed by atoms with Crippen molar-refractivity contribution in [2.45, 2.75) is 39.3 Å². The Kier molecular flexibility index (Phi) is 6.49. The lowest BCUT2D eigenvalue weighted by Crippen LogP contribution is -2.44. The van der Waals surface area contributed by atoms with E-state index in [1.165, 1.54) is 29.8 Å². The first-order valence-corrected chi connectivity index (χ1v) is 12.6. The number of rotatable bonds is 5. The Morgan fingerprint density at radius 2 is 1.80 bits per heavy atom. The predicted molar refractivity (Wildman–Crippen MR) is 137 cm³/mol. The van der Waals surface area contributed by atoms with E-state index in [2.05, 4.69) is 39.5 Å². The molecule has 180 valence electrons. The average Bonchev–Trinajstić information content (AvgIpc) is 3.17. The second kappa shape index (κ2) is 9.71. The zero-order chi connectivity index (χ0) is 24.5. The minimum absolute atomic E-state index is 0.0651. The quantitative estimate of drug-likeness (QED) is 0.421. The molecular formula is C27H27FN4O2S. The first kappa shape index (κ1) is 23.4. The van der Waals surface area contributed by atoms with Crippen molar-refractivity contribution in [3.63, 3.8) is 0 Å². The zero-order valence-electron chi connectivity index (χ0n) is 19.7. The van der Waals surface area contributed by atoms with Gasteiger partial charge in [-0.05, 0) is 56.5 Å². The van der Waals surface area contributed by atoms with E-state index in [9.17, 15) is 14.0 Å². The number of piperidine rings is 1. The maximum absolute atomic E-state index is 13.1. The fourth-order valence-corrected chi connectivity index (χ4v) is 5.69. The SMILES string of the molecule is Cc1ccc(-c2c(C)sc3nc(CN4CCC(NC(=O)c5ccc(F)cc5)CC4)[nH]c(=O)c23)cc1. The Morgan fingerprint density at radius 1 is 1.11 bits per heavy atom. The van der Waals surface area contributed by atoms with Gasteiger partial charge in [-0.1, -0.05) is 29.8 Å². The third kappa shape index (κ3) is 5.04. The largest absolute Gasteiger partial charge is 0.349 e. The summed E-state index contributed by atoms with van der Waals surface area (Å²) in [5.41, 5.74) is 3.53. The van der Waals surface area contributed by atoms with Crippen LogP contribution >= 0.6 is 11.3 Å². The Balaban J connectivity index is 1.25. The molecule has 1 saturated heterocycles. The van der Waals surface area contributed by atoms with Gasteiger partial charge >= 0.3 is 0 Å². The van der Waals surface area contributed by atoms with Gasteiger partial charge in [-0.25, -0.2) is 9.37 Å². The van der Waals surface area contributed by atoms with Gasteiger partial charge in [0.2, 0.25) is 0 Å². The van der Waals surface area contributed by atoms with Crippen LogP contribution in [-0.4, -0.2) is 39.9 Å². The van der Waals surface area contributed by atoms with Crippen molar-refractivity contribution in [1.82, 2.24) is 20.2 Å². The molecule has 3 heterocycles. The molecule has 2 aromatic heterocycles. The number of nitrogens with one attached hydrogen (secondary N) is 2. The number of H-pyrrole nitrogens is 1. The number of hydrogen-bond donors (Lipinski definition) is 2. The van der Waals surface area contributed by atoms with Crippen LogP contribution in [0.3, 0.4) is 0 Å². The number of hydrogen-bond acceptors (Lipinski definition) is 5. The highest BCUT2D eigenvalue weighted by Gasteiger charge is 2.23. The third-order valence-electron chi connectivity index (χ3n) is 6.53. The topological polar surface area (TPSA) is 78.1 Å². The molecule has 1 fully saturated rings. The van der Waals surface area contributed by atoms with Crippen molar-refractivity contribution < 1.29 is 9.18 Å². The fraction of sp³-hybridized carbons (Fsp3) is 0.296. The normalized spacial score (nSPS) is 14.9. The first-order chi connectivity index (χ1) is 16.9. The van der Waals surface area contributed by atoms with Crippen molar-refractivity contribution in [2.75, 3.05) is 13.1 Å². The monoisotopic (exact) mass is 490 g/mol. The van der Waals surface area contributed by atoms with Gasteiger partial charge in [0.05, 0.1) is 11.9 Å². The van der Waals surface area contributed by atoms with E-state index in [0.29, 0.717) is 23.3 Å². The maximum atomic E-state index is 13.1. The Labute approximate surface area is 206 Å². The summed E-state index contributed by atoms with van der Waals surface area (Å²) >= 11 is 1.55. The number of fused-ring (bicyclic) bond motifs is 1. The molecule has 8 heteroatoms.